The van der Waals surface area contributed by atoms with E-state index in [-0.39, 0.29) is 0 Å². The number of para-hydroxylation sites is 1. The van der Waals surface area contributed by atoms with Crippen LogP contribution in [0.5, 0.6) is 0 Å². The van der Waals surface area contributed by atoms with Gasteiger partial charge in [-0.15, -0.1) is 11.3 Å². The van der Waals surface area contributed by atoms with Gasteiger partial charge in [-0.3, -0.25) is 0 Å². The summed E-state index contributed by atoms with van der Waals surface area (Å²) in [5, 5.41) is 1.08. The number of rotatable bonds is 3. The van der Waals surface area contributed by atoms with Crippen molar-refractivity contribution < 1.29 is 0 Å². The lowest BCUT2D eigenvalue weighted by atomic mass is 10.1. The highest BCUT2D eigenvalue weighted by Crippen LogP contribution is 2.35. The smallest absolute Gasteiger partial charge is 0.124 e. The average Bonchev–Trinajstić information content (AvgIpc) is 2.84. The van der Waals surface area contributed by atoms with Crippen LogP contribution in [0.15, 0.2) is 58.8 Å². The van der Waals surface area contributed by atoms with Crippen molar-refractivity contribution >= 4 is 33.3 Å². The zero-order chi connectivity index (χ0) is 14.1. The standard InChI is InChI=1S/C17H15NS2/c1-11(2)19-16-10-13(9-8-12(16)3)17-18-14-6-4-5-7-15(14)20-17/h4-10H,1H2,2-3H3. The number of thioether (sulfide) groups is 1. The predicted molar refractivity (Wildman–Crippen MR) is 90.5 cm³/mol. The minimum atomic E-state index is 1.07. The third kappa shape index (κ3) is 2.65. The van der Waals surface area contributed by atoms with Crippen molar-refractivity contribution in [3.63, 3.8) is 0 Å². The monoisotopic (exact) mass is 297 g/mol. The fourth-order valence-corrected chi connectivity index (χ4v) is 3.78. The van der Waals surface area contributed by atoms with Crippen molar-refractivity contribution in [2.24, 2.45) is 0 Å². The summed E-state index contributed by atoms with van der Waals surface area (Å²) in [5.74, 6) is 0. The Morgan fingerprint density at radius 1 is 1.20 bits per heavy atom. The molecule has 20 heavy (non-hydrogen) atoms. The highest BCUT2D eigenvalue weighted by Gasteiger charge is 2.08. The second kappa shape index (κ2) is 5.43. The lowest BCUT2D eigenvalue weighted by Crippen LogP contribution is -1.82. The molecule has 0 radical (unpaired) electrons. The van der Waals surface area contributed by atoms with Gasteiger partial charge in [0.05, 0.1) is 10.2 Å². The van der Waals surface area contributed by atoms with E-state index in [4.69, 9.17) is 4.98 Å². The Balaban J connectivity index is 2.07. The van der Waals surface area contributed by atoms with Crippen LogP contribution in [0.4, 0.5) is 0 Å². The molecule has 2 aromatic carbocycles. The number of aromatic nitrogens is 1. The van der Waals surface area contributed by atoms with Gasteiger partial charge in [0.2, 0.25) is 0 Å². The molecule has 0 unspecified atom stereocenters. The molecule has 0 aliphatic rings. The number of hydrogen-bond acceptors (Lipinski definition) is 3. The van der Waals surface area contributed by atoms with Crippen molar-refractivity contribution in [1.82, 2.24) is 4.98 Å². The Kier molecular flexibility index (Phi) is 3.64. The molecule has 0 fully saturated rings. The van der Waals surface area contributed by atoms with E-state index in [1.165, 1.54) is 20.7 Å². The van der Waals surface area contributed by atoms with E-state index in [9.17, 15) is 0 Å². The molecule has 0 bridgehead atoms. The Labute approximate surface area is 127 Å². The van der Waals surface area contributed by atoms with Crippen LogP contribution in [-0.2, 0) is 0 Å². The Morgan fingerprint density at radius 3 is 2.75 bits per heavy atom. The summed E-state index contributed by atoms with van der Waals surface area (Å²) >= 11 is 3.46. The summed E-state index contributed by atoms with van der Waals surface area (Å²) in [4.78, 5) is 7.08. The molecule has 0 aliphatic heterocycles. The molecule has 0 saturated heterocycles. The summed E-state index contributed by atoms with van der Waals surface area (Å²) in [6, 6.07) is 14.8. The van der Waals surface area contributed by atoms with E-state index in [1.54, 1.807) is 23.1 Å². The molecule has 1 aromatic heterocycles. The van der Waals surface area contributed by atoms with E-state index in [0.29, 0.717) is 0 Å². The number of aryl methyl sites for hydroxylation is 1. The van der Waals surface area contributed by atoms with Crippen molar-refractivity contribution in [1.29, 1.82) is 0 Å². The molecule has 3 aromatic rings. The topological polar surface area (TPSA) is 12.9 Å². The maximum Gasteiger partial charge on any atom is 0.124 e. The number of nitrogens with zero attached hydrogens (tertiary/aromatic N) is 1. The van der Waals surface area contributed by atoms with Crippen LogP contribution in [-0.4, -0.2) is 4.98 Å². The summed E-state index contributed by atoms with van der Waals surface area (Å²) < 4.78 is 1.23. The van der Waals surface area contributed by atoms with Gasteiger partial charge in [0, 0.05) is 10.5 Å². The Morgan fingerprint density at radius 2 is 2.00 bits per heavy atom. The van der Waals surface area contributed by atoms with Crippen molar-refractivity contribution in [2.45, 2.75) is 18.7 Å². The molecule has 0 N–H and O–H groups in total. The normalized spacial score (nSPS) is 10.9. The average molecular weight is 297 g/mol. The van der Waals surface area contributed by atoms with Gasteiger partial charge < -0.3 is 0 Å². The van der Waals surface area contributed by atoms with E-state index in [2.05, 4.69) is 49.9 Å². The summed E-state index contributed by atoms with van der Waals surface area (Å²) in [6.07, 6.45) is 0. The highest BCUT2D eigenvalue weighted by molar-refractivity contribution is 8.03. The molecular formula is C17H15NS2. The van der Waals surface area contributed by atoms with Crippen molar-refractivity contribution in [3.8, 4) is 10.6 Å². The fourth-order valence-electron chi connectivity index (χ4n) is 2.03. The van der Waals surface area contributed by atoms with E-state index >= 15 is 0 Å². The SMILES string of the molecule is C=C(C)Sc1cc(-c2nc3ccccc3s2)ccc1C. The summed E-state index contributed by atoms with van der Waals surface area (Å²) in [6.45, 7) is 8.15. The largest absolute Gasteiger partial charge is 0.236 e. The van der Waals surface area contributed by atoms with Gasteiger partial charge in [-0.2, -0.15) is 0 Å². The third-order valence-electron chi connectivity index (χ3n) is 3.01. The number of benzene rings is 2. The molecule has 0 saturated carbocycles. The maximum atomic E-state index is 4.72. The van der Waals surface area contributed by atoms with Crippen molar-refractivity contribution in [3.05, 3.63) is 59.5 Å². The molecule has 0 amide bonds. The fraction of sp³-hybridized carbons (Fsp3) is 0.118. The van der Waals surface area contributed by atoms with E-state index in [1.807, 2.05) is 13.0 Å². The highest BCUT2D eigenvalue weighted by atomic mass is 32.2. The molecule has 0 spiro atoms. The molecule has 0 aliphatic carbocycles. The minimum absolute atomic E-state index is 1.07. The predicted octanol–water partition coefficient (Wildman–Crippen LogP) is 5.90. The molecule has 1 nitrogen and oxygen atoms in total. The first-order chi connectivity index (χ1) is 9.63. The number of hydrogen-bond donors (Lipinski definition) is 0. The van der Waals surface area contributed by atoms with Crippen LogP contribution in [0.3, 0.4) is 0 Å². The summed E-state index contributed by atoms with van der Waals surface area (Å²) in [5.41, 5.74) is 3.53. The van der Waals surface area contributed by atoms with Gasteiger partial charge in [-0.1, -0.05) is 42.6 Å². The van der Waals surface area contributed by atoms with E-state index in [0.717, 1.165) is 15.4 Å². The Bertz CT molecular complexity index is 754. The first-order valence-corrected chi connectivity index (χ1v) is 8.07. The van der Waals surface area contributed by atoms with Crippen LogP contribution in [0, 0.1) is 6.92 Å². The molecule has 3 rings (SSSR count). The van der Waals surface area contributed by atoms with Crippen LogP contribution in [0.25, 0.3) is 20.8 Å². The Hall–Kier alpha value is -1.58. The molecule has 0 atom stereocenters. The second-order valence-corrected chi connectivity index (χ2v) is 7.14. The zero-order valence-electron chi connectivity index (χ0n) is 11.5. The van der Waals surface area contributed by atoms with Gasteiger partial charge in [0.1, 0.15) is 5.01 Å². The molecule has 100 valence electrons. The maximum absolute atomic E-state index is 4.72. The van der Waals surface area contributed by atoms with Crippen LogP contribution in [0.2, 0.25) is 0 Å². The minimum Gasteiger partial charge on any atom is -0.236 e. The molecule has 1 heterocycles. The molecular weight excluding hydrogens is 282 g/mol. The van der Waals surface area contributed by atoms with Gasteiger partial charge in [0.25, 0.3) is 0 Å². The van der Waals surface area contributed by atoms with Crippen LogP contribution in [0.1, 0.15) is 12.5 Å². The van der Waals surface area contributed by atoms with Crippen molar-refractivity contribution in [2.75, 3.05) is 0 Å². The lowest BCUT2D eigenvalue weighted by Gasteiger charge is -2.06. The molecule has 3 heteroatoms. The summed E-state index contributed by atoms with van der Waals surface area (Å²) in [7, 11) is 0. The van der Waals surface area contributed by atoms with Crippen LogP contribution < -0.4 is 0 Å². The van der Waals surface area contributed by atoms with Gasteiger partial charge in [0.15, 0.2) is 0 Å². The lowest BCUT2D eigenvalue weighted by molar-refractivity contribution is 1.30. The second-order valence-electron chi connectivity index (χ2n) is 4.77. The van der Waals surface area contributed by atoms with Gasteiger partial charge in [-0.25, -0.2) is 4.98 Å². The first-order valence-electron chi connectivity index (χ1n) is 6.43. The number of allylic oxidation sites excluding steroid dienone is 1. The number of thiazole rings is 1. The third-order valence-corrected chi connectivity index (χ3v) is 5.11. The van der Waals surface area contributed by atoms with Gasteiger partial charge >= 0.3 is 0 Å². The quantitative estimate of drug-likeness (QED) is 0.558. The first kappa shape index (κ1) is 13.4. The number of fused-ring (bicyclic) bond motifs is 1. The zero-order valence-corrected chi connectivity index (χ0v) is 13.1. The van der Waals surface area contributed by atoms with Crippen LogP contribution >= 0.6 is 23.1 Å². The van der Waals surface area contributed by atoms with Gasteiger partial charge in [-0.05, 0) is 42.5 Å². The van der Waals surface area contributed by atoms with E-state index < -0.39 is 0 Å².